The SMILES string of the molecule is C#CCC(NC(=O)[C@@H](CC(=O)N(C)CCN(C)C)Cc1ccccc1)C(=O)N[C@@H](CC1CCCCC1)[C@@H](O)[C@@H](O)CC(C)C. The lowest BCUT2D eigenvalue weighted by Crippen LogP contribution is -2.56. The molecule has 1 saturated carbocycles. The van der Waals surface area contributed by atoms with Crippen molar-refractivity contribution < 1.29 is 24.6 Å². The predicted octanol–water partition coefficient (Wildman–Crippen LogP) is 2.99. The van der Waals surface area contributed by atoms with Crippen molar-refractivity contribution in [3.05, 3.63) is 35.9 Å². The number of carbonyl (C=O) groups excluding carboxylic acids is 3. The standard InChI is InChI=1S/C35H56N4O5/c1-7-14-29(35(44)37-30(23-27-17-12-9-13-18-27)33(42)31(40)21-25(2)3)36-34(43)28(22-26-15-10-8-11-16-26)24-32(41)39(6)20-19-38(4)5/h1,8,10-11,15-16,25,27-31,33,40,42H,9,12-14,17-24H2,2-6H3,(H,36,43)(H,37,44)/t28-,29?,30+,31+,33-/m1/s1. The molecular formula is C35H56N4O5. The maximum absolute atomic E-state index is 13.7. The van der Waals surface area contributed by atoms with Crippen molar-refractivity contribution >= 4 is 17.7 Å². The number of nitrogens with zero attached hydrogens (tertiary/aromatic N) is 2. The molecule has 9 heteroatoms. The number of aliphatic hydroxyl groups excluding tert-OH is 2. The second kappa shape index (κ2) is 19.5. The first-order valence-electron chi connectivity index (χ1n) is 16.2. The summed E-state index contributed by atoms with van der Waals surface area (Å²) in [6.07, 6.45) is 10.1. The Bertz CT molecular complexity index is 1050. The predicted molar refractivity (Wildman–Crippen MR) is 174 cm³/mol. The summed E-state index contributed by atoms with van der Waals surface area (Å²) in [5.41, 5.74) is 0.907. The lowest BCUT2D eigenvalue weighted by molar-refractivity contribution is -0.137. The fraction of sp³-hybridized carbons (Fsp3) is 0.686. The summed E-state index contributed by atoms with van der Waals surface area (Å²) in [6.45, 7) is 5.17. The van der Waals surface area contributed by atoms with Crippen molar-refractivity contribution in [3.8, 4) is 12.3 Å². The van der Waals surface area contributed by atoms with Crippen molar-refractivity contribution in [1.29, 1.82) is 0 Å². The molecule has 1 aliphatic rings. The van der Waals surface area contributed by atoms with E-state index in [1.807, 2.05) is 63.2 Å². The fourth-order valence-corrected chi connectivity index (χ4v) is 5.85. The molecule has 1 aromatic carbocycles. The number of terminal acetylenes is 1. The molecule has 1 unspecified atom stereocenters. The van der Waals surface area contributed by atoms with Crippen LogP contribution in [0.2, 0.25) is 0 Å². The monoisotopic (exact) mass is 612 g/mol. The number of amides is 3. The highest BCUT2D eigenvalue weighted by atomic mass is 16.3. The molecule has 0 spiro atoms. The van der Waals surface area contributed by atoms with Gasteiger partial charge in [0.1, 0.15) is 12.1 Å². The fourth-order valence-electron chi connectivity index (χ4n) is 5.85. The highest BCUT2D eigenvalue weighted by molar-refractivity contribution is 5.91. The highest BCUT2D eigenvalue weighted by Crippen LogP contribution is 2.29. The number of aliphatic hydroxyl groups is 2. The van der Waals surface area contributed by atoms with E-state index in [0.717, 1.165) is 31.2 Å². The molecule has 0 heterocycles. The van der Waals surface area contributed by atoms with Crippen molar-refractivity contribution in [3.63, 3.8) is 0 Å². The molecule has 246 valence electrons. The molecule has 2 rings (SSSR count). The molecule has 1 aromatic rings. The van der Waals surface area contributed by atoms with Gasteiger partial charge in [0.2, 0.25) is 17.7 Å². The molecule has 0 aliphatic heterocycles. The van der Waals surface area contributed by atoms with E-state index in [-0.39, 0.29) is 24.7 Å². The molecule has 0 bridgehead atoms. The third-order valence-corrected chi connectivity index (χ3v) is 8.54. The van der Waals surface area contributed by atoms with Gasteiger partial charge in [-0.2, -0.15) is 0 Å². The smallest absolute Gasteiger partial charge is 0.243 e. The quantitative estimate of drug-likeness (QED) is 0.189. The Morgan fingerprint density at radius 1 is 0.977 bits per heavy atom. The van der Waals surface area contributed by atoms with E-state index in [1.54, 1.807) is 11.9 Å². The Hall–Kier alpha value is -2.93. The maximum Gasteiger partial charge on any atom is 0.243 e. The van der Waals surface area contributed by atoms with Gasteiger partial charge in [0.05, 0.1) is 18.1 Å². The molecule has 5 atom stereocenters. The normalized spacial score (nSPS) is 17.3. The molecule has 0 saturated heterocycles. The summed E-state index contributed by atoms with van der Waals surface area (Å²) < 4.78 is 0. The summed E-state index contributed by atoms with van der Waals surface area (Å²) in [5.74, 6) is 1.20. The minimum atomic E-state index is -1.15. The first kappa shape index (κ1) is 37.3. The lowest BCUT2D eigenvalue weighted by Gasteiger charge is -2.33. The van der Waals surface area contributed by atoms with Gasteiger partial charge in [-0.3, -0.25) is 14.4 Å². The van der Waals surface area contributed by atoms with Gasteiger partial charge in [-0.05, 0) is 50.8 Å². The lowest BCUT2D eigenvalue weighted by atomic mass is 9.82. The minimum Gasteiger partial charge on any atom is -0.390 e. The van der Waals surface area contributed by atoms with Gasteiger partial charge in [0.15, 0.2) is 0 Å². The molecule has 3 amide bonds. The molecule has 0 aromatic heterocycles. The van der Waals surface area contributed by atoms with Crippen LogP contribution in [0.4, 0.5) is 0 Å². The molecular weight excluding hydrogens is 556 g/mol. The van der Waals surface area contributed by atoms with Crippen molar-refractivity contribution in [2.75, 3.05) is 34.2 Å². The zero-order valence-electron chi connectivity index (χ0n) is 27.5. The van der Waals surface area contributed by atoms with Gasteiger partial charge in [0, 0.05) is 33.0 Å². The van der Waals surface area contributed by atoms with E-state index in [9.17, 15) is 24.6 Å². The third kappa shape index (κ3) is 13.4. The molecule has 44 heavy (non-hydrogen) atoms. The van der Waals surface area contributed by atoms with E-state index in [0.29, 0.717) is 38.3 Å². The summed E-state index contributed by atoms with van der Waals surface area (Å²) in [4.78, 5) is 44.1. The zero-order valence-corrected chi connectivity index (χ0v) is 27.5. The number of likely N-dealkylation sites (N-methyl/N-ethyl adjacent to an activating group) is 2. The van der Waals surface area contributed by atoms with E-state index < -0.39 is 42.0 Å². The van der Waals surface area contributed by atoms with E-state index in [4.69, 9.17) is 6.42 Å². The van der Waals surface area contributed by atoms with E-state index in [1.165, 1.54) is 6.42 Å². The maximum atomic E-state index is 13.7. The molecule has 1 fully saturated rings. The van der Waals surface area contributed by atoms with Crippen LogP contribution in [0.5, 0.6) is 0 Å². The van der Waals surface area contributed by atoms with Gasteiger partial charge in [0.25, 0.3) is 0 Å². The minimum absolute atomic E-state index is 0.0144. The summed E-state index contributed by atoms with van der Waals surface area (Å²) in [6, 6.07) is 7.75. The Morgan fingerprint density at radius 3 is 2.23 bits per heavy atom. The van der Waals surface area contributed by atoms with Gasteiger partial charge in [-0.25, -0.2) is 0 Å². The van der Waals surface area contributed by atoms with Crippen LogP contribution < -0.4 is 10.6 Å². The number of carbonyl (C=O) groups is 3. The van der Waals surface area contributed by atoms with Crippen molar-refractivity contribution in [2.45, 2.75) is 102 Å². The van der Waals surface area contributed by atoms with Gasteiger partial charge in [-0.1, -0.05) is 76.3 Å². The largest absolute Gasteiger partial charge is 0.390 e. The van der Waals surface area contributed by atoms with E-state index >= 15 is 0 Å². The Morgan fingerprint density at radius 2 is 1.64 bits per heavy atom. The average molecular weight is 613 g/mol. The summed E-state index contributed by atoms with van der Waals surface area (Å²) in [5, 5.41) is 27.7. The van der Waals surface area contributed by atoms with Crippen LogP contribution >= 0.6 is 0 Å². The zero-order chi connectivity index (χ0) is 32.6. The summed E-state index contributed by atoms with van der Waals surface area (Å²) in [7, 11) is 5.60. The van der Waals surface area contributed by atoms with Crippen LogP contribution in [0.3, 0.4) is 0 Å². The van der Waals surface area contributed by atoms with E-state index in [2.05, 4.69) is 16.6 Å². The van der Waals surface area contributed by atoms with Crippen molar-refractivity contribution in [2.24, 2.45) is 17.8 Å². The molecule has 1 aliphatic carbocycles. The van der Waals surface area contributed by atoms with Crippen LogP contribution in [0.1, 0.15) is 77.2 Å². The first-order chi connectivity index (χ1) is 20.9. The Labute approximate surface area is 265 Å². The van der Waals surface area contributed by atoms with Crippen LogP contribution in [0.25, 0.3) is 0 Å². The number of hydrogen-bond donors (Lipinski definition) is 4. The molecule has 4 N–H and O–H groups in total. The summed E-state index contributed by atoms with van der Waals surface area (Å²) >= 11 is 0. The number of hydrogen-bond acceptors (Lipinski definition) is 6. The second-order valence-electron chi connectivity index (χ2n) is 13.2. The van der Waals surface area contributed by atoms with Crippen LogP contribution in [-0.4, -0.2) is 96.3 Å². The Kier molecular flexibility index (Phi) is 16.5. The number of benzene rings is 1. The van der Waals surface area contributed by atoms with Crippen LogP contribution in [-0.2, 0) is 20.8 Å². The van der Waals surface area contributed by atoms with Crippen LogP contribution in [0.15, 0.2) is 30.3 Å². The second-order valence-corrected chi connectivity index (χ2v) is 13.2. The van der Waals surface area contributed by atoms with Crippen molar-refractivity contribution in [1.82, 2.24) is 20.4 Å². The molecule has 9 nitrogen and oxygen atoms in total. The van der Waals surface area contributed by atoms with Gasteiger partial charge in [-0.15, -0.1) is 12.3 Å². The Balaban J connectivity index is 2.21. The third-order valence-electron chi connectivity index (χ3n) is 8.54. The number of nitrogens with one attached hydrogen (secondary N) is 2. The topological polar surface area (TPSA) is 122 Å². The number of rotatable bonds is 18. The van der Waals surface area contributed by atoms with Gasteiger partial charge < -0.3 is 30.6 Å². The van der Waals surface area contributed by atoms with Gasteiger partial charge >= 0.3 is 0 Å². The first-order valence-corrected chi connectivity index (χ1v) is 16.2. The average Bonchev–Trinajstić information content (AvgIpc) is 2.99. The highest BCUT2D eigenvalue weighted by Gasteiger charge is 2.34. The van der Waals surface area contributed by atoms with Crippen LogP contribution in [0, 0.1) is 30.1 Å². The molecule has 0 radical (unpaired) electrons.